The summed E-state index contributed by atoms with van der Waals surface area (Å²) in [5.74, 6) is -0.428. The lowest BCUT2D eigenvalue weighted by Gasteiger charge is -2.33. The highest BCUT2D eigenvalue weighted by Gasteiger charge is 2.40. The van der Waals surface area contributed by atoms with E-state index in [1.807, 2.05) is 18.2 Å². The van der Waals surface area contributed by atoms with Crippen molar-refractivity contribution in [1.82, 2.24) is 15.5 Å². The number of carbonyl (C=O) groups is 3. The van der Waals surface area contributed by atoms with Gasteiger partial charge in [0.25, 0.3) is 5.91 Å². The summed E-state index contributed by atoms with van der Waals surface area (Å²) in [5, 5.41) is 5.76. The summed E-state index contributed by atoms with van der Waals surface area (Å²) < 4.78 is 14.3. The van der Waals surface area contributed by atoms with Gasteiger partial charge in [0, 0.05) is 31.6 Å². The third kappa shape index (κ3) is 4.11. The predicted octanol–water partition coefficient (Wildman–Crippen LogP) is 1.39. The maximum Gasteiger partial charge on any atom is 0.255 e. The summed E-state index contributed by atoms with van der Waals surface area (Å²) in [6.45, 7) is 1.80. The molecule has 1 unspecified atom stereocenters. The minimum atomic E-state index is -1.21. The number of nitrogens with zero attached hydrogens (tertiary/aromatic N) is 1. The molecule has 2 heterocycles. The van der Waals surface area contributed by atoms with Gasteiger partial charge < -0.3 is 16.0 Å². The van der Waals surface area contributed by atoms with Gasteiger partial charge in [-0.3, -0.25) is 19.7 Å². The van der Waals surface area contributed by atoms with E-state index in [1.54, 1.807) is 4.90 Å². The average molecular weight is 416 g/mol. The molecule has 1 saturated carbocycles. The third-order valence-corrected chi connectivity index (χ3v) is 6.75. The molecule has 8 heteroatoms. The second-order valence-corrected chi connectivity index (χ2v) is 8.78. The van der Waals surface area contributed by atoms with Crippen LogP contribution >= 0.6 is 0 Å². The van der Waals surface area contributed by atoms with Gasteiger partial charge in [0.15, 0.2) is 0 Å². The molecule has 0 radical (unpaired) electrons. The molecule has 1 atom stereocenters. The van der Waals surface area contributed by atoms with Crippen molar-refractivity contribution >= 4 is 17.7 Å². The first-order valence-electron chi connectivity index (χ1n) is 10.8. The molecule has 1 aliphatic carbocycles. The molecule has 3 aliphatic rings. The second-order valence-electron chi connectivity index (χ2n) is 8.78. The number of rotatable bonds is 6. The van der Waals surface area contributed by atoms with E-state index in [1.165, 1.54) is 0 Å². The Morgan fingerprint density at radius 2 is 1.97 bits per heavy atom. The highest BCUT2D eigenvalue weighted by atomic mass is 19.1. The van der Waals surface area contributed by atoms with Crippen LogP contribution in [0, 0.1) is 5.92 Å². The summed E-state index contributed by atoms with van der Waals surface area (Å²) in [5.41, 5.74) is 6.80. The minimum Gasteiger partial charge on any atom is -0.328 e. The van der Waals surface area contributed by atoms with Crippen LogP contribution < -0.4 is 16.4 Å². The first kappa shape index (κ1) is 20.9. The van der Waals surface area contributed by atoms with Gasteiger partial charge in [-0.05, 0) is 55.7 Å². The lowest BCUT2D eigenvalue weighted by Crippen LogP contribution is -2.52. The highest BCUT2D eigenvalue weighted by Crippen LogP contribution is 2.34. The molecule has 2 aliphatic heterocycles. The Bertz CT molecular complexity index is 851. The van der Waals surface area contributed by atoms with Crippen LogP contribution in [-0.4, -0.2) is 47.4 Å². The van der Waals surface area contributed by atoms with Crippen LogP contribution in [0.15, 0.2) is 18.2 Å². The SMILES string of the molecule is NCC1(F)CCC(CNCc2cccc3c2C(=O)N(C2CCC(=O)NC2=O)C3)CC1. The van der Waals surface area contributed by atoms with Crippen molar-refractivity contribution in [2.75, 3.05) is 13.1 Å². The Morgan fingerprint density at radius 3 is 2.67 bits per heavy atom. The summed E-state index contributed by atoms with van der Waals surface area (Å²) in [6, 6.07) is 5.17. The van der Waals surface area contributed by atoms with E-state index in [9.17, 15) is 18.8 Å². The molecule has 1 aromatic rings. The number of imide groups is 1. The lowest BCUT2D eigenvalue weighted by atomic mass is 9.80. The van der Waals surface area contributed by atoms with Gasteiger partial charge >= 0.3 is 0 Å². The first-order valence-corrected chi connectivity index (χ1v) is 10.8. The monoisotopic (exact) mass is 416 g/mol. The van der Waals surface area contributed by atoms with E-state index in [0.29, 0.717) is 43.8 Å². The summed E-state index contributed by atoms with van der Waals surface area (Å²) in [6.07, 6.45) is 3.26. The van der Waals surface area contributed by atoms with Crippen molar-refractivity contribution in [1.29, 1.82) is 0 Å². The van der Waals surface area contributed by atoms with Crippen LogP contribution in [0.1, 0.15) is 60.0 Å². The quantitative estimate of drug-likeness (QED) is 0.608. The number of hydrogen-bond acceptors (Lipinski definition) is 5. The number of halogens is 1. The van der Waals surface area contributed by atoms with Gasteiger partial charge in [-0.2, -0.15) is 0 Å². The van der Waals surface area contributed by atoms with E-state index in [2.05, 4.69) is 10.6 Å². The molecular formula is C22H29FN4O3. The fourth-order valence-electron chi connectivity index (χ4n) is 4.85. The molecule has 0 aromatic heterocycles. The molecule has 2 fully saturated rings. The number of benzene rings is 1. The molecule has 1 aromatic carbocycles. The fourth-order valence-corrected chi connectivity index (χ4v) is 4.85. The number of carbonyl (C=O) groups excluding carboxylic acids is 3. The smallest absolute Gasteiger partial charge is 0.255 e. The number of piperidine rings is 1. The number of nitrogens with two attached hydrogens (primary N) is 1. The Kier molecular flexibility index (Phi) is 5.88. The number of hydrogen-bond donors (Lipinski definition) is 3. The van der Waals surface area contributed by atoms with E-state index >= 15 is 0 Å². The molecule has 162 valence electrons. The zero-order chi connectivity index (χ0) is 21.3. The van der Waals surface area contributed by atoms with E-state index in [0.717, 1.165) is 30.5 Å². The van der Waals surface area contributed by atoms with E-state index in [-0.39, 0.29) is 24.8 Å². The van der Waals surface area contributed by atoms with Crippen molar-refractivity contribution in [2.24, 2.45) is 11.7 Å². The largest absolute Gasteiger partial charge is 0.328 e. The Labute approximate surface area is 175 Å². The lowest BCUT2D eigenvalue weighted by molar-refractivity contribution is -0.136. The molecule has 4 N–H and O–H groups in total. The van der Waals surface area contributed by atoms with Gasteiger partial charge in [-0.1, -0.05) is 18.2 Å². The highest BCUT2D eigenvalue weighted by molar-refractivity contribution is 6.05. The van der Waals surface area contributed by atoms with Crippen molar-refractivity contribution < 1.29 is 18.8 Å². The summed E-state index contributed by atoms with van der Waals surface area (Å²) in [4.78, 5) is 38.3. The van der Waals surface area contributed by atoms with Gasteiger partial charge in [-0.25, -0.2) is 4.39 Å². The normalized spacial score (nSPS) is 29.1. The summed E-state index contributed by atoms with van der Waals surface area (Å²) in [7, 11) is 0. The maximum atomic E-state index is 14.3. The van der Waals surface area contributed by atoms with Crippen molar-refractivity contribution in [3.8, 4) is 0 Å². The zero-order valence-corrected chi connectivity index (χ0v) is 17.1. The van der Waals surface area contributed by atoms with Crippen LogP contribution in [0.5, 0.6) is 0 Å². The Morgan fingerprint density at radius 1 is 1.20 bits per heavy atom. The molecule has 3 amide bonds. The molecule has 4 rings (SSSR count). The third-order valence-electron chi connectivity index (χ3n) is 6.75. The van der Waals surface area contributed by atoms with E-state index < -0.39 is 17.6 Å². The van der Waals surface area contributed by atoms with Crippen LogP contribution in [0.3, 0.4) is 0 Å². The molecule has 30 heavy (non-hydrogen) atoms. The van der Waals surface area contributed by atoms with Gasteiger partial charge in [0.2, 0.25) is 11.8 Å². The number of amides is 3. The molecule has 0 bridgehead atoms. The fraction of sp³-hybridized carbons (Fsp3) is 0.591. The average Bonchev–Trinajstić information content (AvgIpc) is 3.07. The second kappa shape index (κ2) is 8.43. The van der Waals surface area contributed by atoms with Gasteiger partial charge in [-0.15, -0.1) is 0 Å². The predicted molar refractivity (Wildman–Crippen MR) is 109 cm³/mol. The van der Waals surface area contributed by atoms with Crippen LogP contribution in [0.2, 0.25) is 0 Å². The number of nitrogens with one attached hydrogen (secondary N) is 2. The Balaban J connectivity index is 1.37. The maximum absolute atomic E-state index is 14.3. The topological polar surface area (TPSA) is 105 Å². The molecule has 1 saturated heterocycles. The molecule has 7 nitrogen and oxygen atoms in total. The number of alkyl halides is 1. The van der Waals surface area contributed by atoms with Crippen molar-refractivity contribution in [3.63, 3.8) is 0 Å². The van der Waals surface area contributed by atoms with Crippen molar-refractivity contribution in [3.05, 3.63) is 34.9 Å². The van der Waals surface area contributed by atoms with Crippen LogP contribution in [-0.2, 0) is 22.7 Å². The van der Waals surface area contributed by atoms with Crippen LogP contribution in [0.4, 0.5) is 4.39 Å². The zero-order valence-electron chi connectivity index (χ0n) is 17.1. The van der Waals surface area contributed by atoms with Crippen molar-refractivity contribution in [2.45, 2.75) is 63.3 Å². The first-order chi connectivity index (χ1) is 14.4. The standard InChI is InChI=1S/C22H29FN4O3/c23-22(13-24)8-6-14(7-9-22)10-25-11-15-2-1-3-16-12-27(21(30)19(15)16)17-4-5-18(28)26-20(17)29/h1-3,14,17,25H,4-13,24H2,(H,26,28,29). The molecular weight excluding hydrogens is 387 g/mol. The molecule has 0 spiro atoms. The Hall–Kier alpha value is -2.32. The van der Waals surface area contributed by atoms with Gasteiger partial charge in [0.1, 0.15) is 11.7 Å². The minimum absolute atomic E-state index is 0.0924. The van der Waals surface area contributed by atoms with Gasteiger partial charge in [0.05, 0.1) is 0 Å². The van der Waals surface area contributed by atoms with Crippen LogP contribution in [0.25, 0.3) is 0 Å². The summed E-state index contributed by atoms with van der Waals surface area (Å²) >= 11 is 0. The number of fused-ring (bicyclic) bond motifs is 1. The van der Waals surface area contributed by atoms with E-state index in [4.69, 9.17) is 5.73 Å².